The number of benzene rings is 1. The number of ether oxygens (including phenoxy) is 1. The zero-order chi connectivity index (χ0) is 19.6. The third-order valence-corrected chi connectivity index (χ3v) is 6.20. The molecule has 9 heteroatoms. The maximum absolute atomic E-state index is 12.8. The average molecular weight is 391 g/mol. The summed E-state index contributed by atoms with van der Waals surface area (Å²) >= 11 is 0. The van der Waals surface area contributed by atoms with Gasteiger partial charge in [-0.2, -0.15) is 0 Å². The molecule has 27 heavy (non-hydrogen) atoms. The van der Waals surface area contributed by atoms with E-state index in [2.05, 4.69) is 31.8 Å². The van der Waals surface area contributed by atoms with E-state index in [-0.39, 0.29) is 10.7 Å². The van der Waals surface area contributed by atoms with Gasteiger partial charge >= 0.3 is 0 Å². The number of nitrogens with zero attached hydrogens (tertiary/aromatic N) is 4. The van der Waals surface area contributed by atoms with Crippen LogP contribution >= 0.6 is 0 Å². The highest BCUT2D eigenvalue weighted by molar-refractivity contribution is 7.92. The second-order valence-electron chi connectivity index (χ2n) is 6.76. The third kappa shape index (κ3) is 4.30. The van der Waals surface area contributed by atoms with Crippen LogP contribution in [0.25, 0.3) is 0 Å². The average Bonchev–Trinajstić information content (AvgIpc) is 2.64. The first-order chi connectivity index (χ1) is 12.8. The second kappa shape index (κ2) is 7.69. The number of nitrogens with one attached hydrogen (secondary N) is 1. The maximum Gasteiger partial charge on any atom is 0.263 e. The second-order valence-corrected chi connectivity index (χ2v) is 8.41. The molecule has 0 bridgehead atoms. The number of anilines is 2. The lowest BCUT2D eigenvalue weighted by Gasteiger charge is -2.32. The molecule has 1 aliphatic heterocycles. The number of hydrogen-bond acceptors (Lipinski definition) is 7. The van der Waals surface area contributed by atoms with Crippen LogP contribution in [0, 0.1) is 13.8 Å². The Morgan fingerprint density at radius 3 is 2.33 bits per heavy atom. The Bertz CT molecular complexity index is 907. The van der Waals surface area contributed by atoms with Crippen molar-refractivity contribution in [2.45, 2.75) is 18.7 Å². The fourth-order valence-electron chi connectivity index (χ4n) is 3.05. The molecule has 1 aromatic heterocycles. The molecule has 0 spiro atoms. The Morgan fingerprint density at radius 1 is 1.04 bits per heavy atom. The molecule has 0 atom stereocenters. The summed E-state index contributed by atoms with van der Waals surface area (Å²) in [4.78, 5) is 4.60. The Hall–Kier alpha value is -2.39. The minimum atomic E-state index is -3.76. The van der Waals surface area contributed by atoms with E-state index in [1.54, 1.807) is 38.3 Å². The van der Waals surface area contributed by atoms with Crippen molar-refractivity contribution in [1.29, 1.82) is 0 Å². The van der Waals surface area contributed by atoms with Crippen molar-refractivity contribution in [3.63, 3.8) is 0 Å². The van der Waals surface area contributed by atoms with E-state index in [0.717, 1.165) is 37.6 Å². The number of sulfonamides is 1. The van der Waals surface area contributed by atoms with E-state index >= 15 is 0 Å². The van der Waals surface area contributed by atoms with E-state index in [9.17, 15) is 8.42 Å². The Balaban J connectivity index is 1.77. The summed E-state index contributed by atoms with van der Waals surface area (Å²) < 4.78 is 33.3. The van der Waals surface area contributed by atoms with Gasteiger partial charge in [-0.1, -0.05) is 0 Å². The maximum atomic E-state index is 12.8. The van der Waals surface area contributed by atoms with Gasteiger partial charge in [-0.3, -0.25) is 4.72 Å². The SMILES string of the molecule is COc1cc(C)c(S(=O)(=O)Nc2ccc(N3CCN(C)CC3)nn2)cc1C. The number of likely N-dealkylation sites (N-methyl/N-ethyl adjacent to an activating group) is 1. The number of hydrogen-bond donors (Lipinski definition) is 1. The van der Waals surface area contributed by atoms with Gasteiger partial charge in [-0.15, -0.1) is 10.2 Å². The quantitative estimate of drug-likeness (QED) is 0.829. The largest absolute Gasteiger partial charge is 0.496 e. The van der Waals surface area contributed by atoms with Crippen LogP contribution in [0.4, 0.5) is 11.6 Å². The normalized spacial score (nSPS) is 15.6. The lowest BCUT2D eigenvalue weighted by Crippen LogP contribution is -2.44. The van der Waals surface area contributed by atoms with E-state index in [1.165, 1.54) is 0 Å². The molecule has 2 heterocycles. The van der Waals surface area contributed by atoms with Gasteiger partial charge in [0.2, 0.25) is 0 Å². The van der Waals surface area contributed by atoms with E-state index in [1.807, 2.05) is 6.92 Å². The van der Waals surface area contributed by atoms with Crippen molar-refractivity contribution in [3.05, 3.63) is 35.4 Å². The molecule has 3 rings (SSSR count). The summed E-state index contributed by atoms with van der Waals surface area (Å²) in [7, 11) is -0.117. The smallest absolute Gasteiger partial charge is 0.263 e. The van der Waals surface area contributed by atoms with Crippen LogP contribution in [0.2, 0.25) is 0 Å². The highest BCUT2D eigenvalue weighted by Crippen LogP contribution is 2.27. The predicted octanol–water partition coefficient (Wildman–Crippen LogP) is 1.65. The minimum Gasteiger partial charge on any atom is -0.496 e. The van der Waals surface area contributed by atoms with Crippen molar-refractivity contribution in [2.75, 3.05) is 50.0 Å². The van der Waals surface area contributed by atoms with Crippen molar-refractivity contribution >= 4 is 21.7 Å². The number of aromatic nitrogens is 2. The third-order valence-electron chi connectivity index (χ3n) is 4.70. The summed E-state index contributed by atoms with van der Waals surface area (Å²) in [6.07, 6.45) is 0. The highest BCUT2D eigenvalue weighted by Gasteiger charge is 2.20. The minimum absolute atomic E-state index is 0.195. The summed E-state index contributed by atoms with van der Waals surface area (Å²) in [6, 6.07) is 6.75. The van der Waals surface area contributed by atoms with Gasteiger partial charge in [0.15, 0.2) is 11.6 Å². The number of aryl methyl sites for hydroxylation is 2. The van der Waals surface area contributed by atoms with Crippen LogP contribution in [-0.2, 0) is 10.0 Å². The molecule has 0 aliphatic carbocycles. The highest BCUT2D eigenvalue weighted by atomic mass is 32.2. The lowest BCUT2D eigenvalue weighted by atomic mass is 10.1. The molecule has 0 saturated carbocycles. The molecular formula is C18H25N5O3S. The molecule has 146 valence electrons. The predicted molar refractivity (Wildman–Crippen MR) is 105 cm³/mol. The van der Waals surface area contributed by atoms with Gasteiger partial charge in [-0.05, 0) is 56.3 Å². The summed E-state index contributed by atoms with van der Waals surface area (Å²) in [5.41, 5.74) is 1.35. The molecule has 1 N–H and O–H groups in total. The first kappa shape index (κ1) is 19.4. The number of piperazine rings is 1. The molecule has 0 radical (unpaired) electrons. The van der Waals surface area contributed by atoms with Gasteiger partial charge in [-0.25, -0.2) is 8.42 Å². The summed E-state index contributed by atoms with van der Waals surface area (Å²) in [5.74, 6) is 1.60. The molecule has 1 fully saturated rings. The van der Waals surface area contributed by atoms with Crippen LogP contribution in [0.15, 0.2) is 29.2 Å². The molecule has 8 nitrogen and oxygen atoms in total. The van der Waals surface area contributed by atoms with Crippen LogP contribution in [0.1, 0.15) is 11.1 Å². The fraction of sp³-hybridized carbons (Fsp3) is 0.444. The zero-order valence-electron chi connectivity index (χ0n) is 16.1. The molecule has 0 unspecified atom stereocenters. The first-order valence-electron chi connectivity index (χ1n) is 8.75. The summed E-state index contributed by atoms with van der Waals surface area (Å²) in [6.45, 7) is 7.22. The monoisotopic (exact) mass is 391 g/mol. The van der Waals surface area contributed by atoms with Crippen molar-refractivity contribution in [1.82, 2.24) is 15.1 Å². The molecule has 0 amide bonds. The molecule has 1 aromatic carbocycles. The summed E-state index contributed by atoms with van der Waals surface area (Å²) in [5, 5.41) is 8.23. The van der Waals surface area contributed by atoms with Crippen molar-refractivity contribution < 1.29 is 13.2 Å². The van der Waals surface area contributed by atoms with Crippen molar-refractivity contribution in [3.8, 4) is 5.75 Å². The van der Waals surface area contributed by atoms with E-state index in [4.69, 9.17) is 4.74 Å². The Labute approximate surface area is 160 Å². The first-order valence-corrected chi connectivity index (χ1v) is 10.2. The van der Waals surface area contributed by atoms with Gasteiger partial charge in [0.25, 0.3) is 10.0 Å². The van der Waals surface area contributed by atoms with Gasteiger partial charge < -0.3 is 14.5 Å². The van der Waals surface area contributed by atoms with Gasteiger partial charge in [0.05, 0.1) is 12.0 Å². The Morgan fingerprint density at radius 2 is 1.74 bits per heavy atom. The van der Waals surface area contributed by atoms with E-state index in [0.29, 0.717) is 11.3 Å². The molecule has 1 saturated heterocycles. The van der Waals surface area contributed by atoms with Crippen LogP contribution < -0.4 is 14.4 Å². The number of rotatable bonds is 5. The zero-order valence-corrected chi connectivity index (χ0v) is 16.9. The lowest BCUT2D eigenvalue weighted by molar-refractivity contribution is 0.312. The molecule has 1 aliphatic rings. The van der Waals surface area contributed by atoms with Crippen LogP contribution in [0.3, 0.4) is 0 Å². The standard InChI is InChI=1S/C18H25N5O3S/c1-13-12-16(14(2)11-15(13)26-4)27(24,25)21-17-5-6-18(20-19-17)23-9-7-22(3)8-10-23/h5-6,11-12H,7-10H2,1-4H3,(H,19,21). The topological polar surface area (TPSA) is 87.7 Å². The van der Waals surface area contributed by atoms with Crippen LogP contribution in [-0.4, -0.2) is 63.9 Å². The van der Waals surface area contributed by atoms with E-state index < -0.39 is 10.0 Å². The Kier molecular flexibility index (Phi) is 5.52. The fourth-order valence-corrected chi connectivity index (χ4v) is 4.36. The molecular weight excluding hydrogens is 366 g/mol. The number of methoxy groups -OCH3 is 1. The molecule has 2 aromatic rings. The van der Waals surface area contributed by atoms with Gasteiger partial charge in [0.1, 0.15) is 5.75 Å². The van der Waals surface area contributed by atoms with Crippen LogP contribution in [0.5, 0.6) is 5.75 Å². The van der Waals surface area contributed by atoms with Crippen molar-refractivity contribution in [2.24, 2.45) is 0 Å². The van der Waals surface area contributed by atoms with Gasteiger partial charge in [0, 0.05) is 26.2 Å².